The van der Waals surface area contributed by atoms with Crippen molar-refractivity contribution >= 4 is 29.1 Å². The fourth-order valence-corrected chi connectivity index (χ4v) is 4.25. The van der Waals surface area contributed by atoms with Crippen LogP contribution in [0.1, 0.15) is 36.8 Å². The molecule has 0 unspecified atom stereocenters. The summed E-state index contributed by atoms with van der Waals surface area (Å²) in [6.07, 6.45) is 6.13. The van der Waals surface area contributed by atoms with Crippen molar-refractivity contribution in [1.29, 1.82) is 0 Å². The Morgan fingerprint density at radius 3 is 2.81 bits per heavy atom. The Morgan fingerprint density at radius 2 is 2.04 bits per heavy atom. The van der Waals surface area contributed by atoms with Crippen molar-refractivity contribution in [2.24, 2.45) is 0 Å². The first-order valence-electron chi connectivity index (χ1n) is 9.44. The maximum absolute atomic E-state index is 12.8. The molecule has 6 nitrogen and oxygen atoms in total. The van der Waals surface area contributed by atoms with Crippen LogP contribution in [0.5, 0.6) is 0 Å². The van der Waals surface area contributed by atoms with Crippen LogP contribution < -0.4 is 10.2 Å². The average Bonchev–Trinajstić information content (AvgIpc) is 3.14. The number of anilines is 2. The number of halogens is 1. The van der Waals surface area contributed by atoms with Crippen molar-refractivity contribution in [2.45, 2.75) is 44.8 Å². The van der Waals surface area contributed by atoms with E-state index < -0.39 is 0 Å². The lowest BCUT2D eigenvalue weighted by atomic mass is 10.1. The second kappa shape index (κ2) is 7.72. The van der Waals surface area contributed by atoms with Gasteiger partial charge in [-0.05, 0) is 30.5 Å². The zero-order chi connectivity index (χ0) is 18.8. The molecule has 2 aromatic rings. The monoisotopic (exact) mass is 385 g/mol. The van der Waals surface area contributed by atoms with E-state index in [9.17, 15) is 4.79 Å². The third-order valence-corrected chi connectivity index (χ3v) is 5.65. The number of carbonyl (C=O) groups is 1. The van der Waals surface area contributed by atoms with Gasteiger partial charge in [0.1, 0.15) is 18.0 Å². The predicted octanol–water partition coefficient (Wildman–Crippen LogP) is 3.46. The van der Waals surface area contributed by atoms with Crippen LogP contribution in [-0.4, -0.2) is 40.4 Å². The maximum atomic E-state index is 12.8. The molecule has 1 amide bonds. The van der Waals surface area contributed by atoms with Gasteiger partial charge in [0.2, 0.25) is 5.91 Å². The number of carbonyl (C=O) groups excluding carboxylic acids is 1. The van der Waals surface area contributed by atoms with Crippen molar-refractivity contribution < 1.29 is 4.79 Å². The zero-order valence-electron chi connectivity index (χ0n) is 15.5. The molecule has 0 radical (unpaired) electrons. The third-order valence-electron chi connectivity index (χ3n) is 5.42. The SMILES string of the molecule is CN1CC(=O)N(C2CCCC2)Cc2c(NCc3cccc(Cl)c3)ncnc21. The van der Waals surface area contributed by atoms with E-state index in [-0.39, 0.29) is 5.91 Å². The first kappa shape index (κ1) is 18.0. The van der Waals surface area contributed by atoms with Gasteiger partial charge >= 0.3 is 0 Å². The summed E-state index contributed by atoms with van der Waals surface area (Å²) < 4.78 is 0. The van der Waals surface area contributed by atoms with Crippen molar-refractivity contribution in [2.75, 3.05) is 23.8 Å². The van der Waals surface area contributed by atoms with Crippen LogP contribution in [0, 0.1) is 0 Å². The van der Waals surface area contributed by atoms with E-state index in [1.54, 1.807) is 6.33 Å². The molecule has 0 spiro atoms. The summed E-state index contributed by atoms with van der Waals surface area (Å²) in [4.78, 5) is 25.7. The van der Waals surface area contributed by atoms with Gasteiger partial charge in [0, 0.05) is 24.7 Å². The standard InChI is InChI=1S/C20H24ClN5O/c1-25-12-18(27)26(16-7-2-3-8-16)11-17-19(23-13-24-20(17)25)22-10-14-5-4-6-15(21)9-14/h4-6,9,13,16H,2-3,7-8,10-12H2,1H3,(H,22,23,24). The lowest BCUT2D eigenvalue weighted by Gasteiger charge is -2.28. The van der Waals surface area contributed by atoms with Crippen molar-refractivity contribution in [3.05, 3.63) is 46.7 Å². The van der Waals surface area contributed by atoms with Crippen LogP contribution >= 0.6 is 11.6 Å². The topological polar surface area (TPSA) is 61.4 Å². The van der Waals surface area contributed by atoms with E-state index in [0.717, 1.165) is 35.6 Å². The van der Waals surface area contributed by atoms with Crippen LogP contribution in [0.2, 0.25) is 5.02 Å². The Balaban J connectivity index is 1.61. The summed E-state index contributed by atoms with van der Waals surface area (Å²) in [5.74, 6) is 1.78. The number of amides is 1. The molecule has 27 heavy (non-hydrogen) atoms. The second-order valence-corrected chi connectivity index (χ2v) is 7.76. The van der Waals surface area contributed by atoms with Crippen LogP contribution in [-0.2, 0) is 17.9 Å². The number of rotatable bonds is 4. The molecule has 0 bridgehead atoms. The lowest BCUT2D eigenvalue weighted by molar-refractivity contribution is -0.132. The first-order chi connectivity index (χ1) is 13.1. The molecule has 0 atom stereocenters. The largest absolute Gasteiger partial charge is 0.366 e. The van der Waals surface area contributed by atoms with Crippen molar-refractivity contribution in [3.8, 4) is 0 Å². The molecule has 7 heteroatoms. The molecule has 4 rings (SSSR count). The van der Waals surface area contributed by atoms with Gasteiger partial charge in [-0.3, -0.25) is 4.79 Å². The Kier molecular flexibility index (Phi) is 5.16. The molecule has 1 aliphatic carbocycles. The minimum atomic E-state index is 0.170. The van der Waals surface area contributed by atoms with Gasteiger partial charge < -0.3 is 15.1 Å². The fraction of sp³-hybridized carbons (Fsp3) is 0.450. The summed E-state index contributed by atoms with van der Waals surface area (Å²) in [6.45, 7) is 1.53. The highest BCUT2D eigenvalue weighted by Gasteiger charge is 2.32. The Labute approximate surface area is 164 Å². The summed E-state index contributed by atoms with van der Waals surface area (Å²) in [5.41, 5.74) is 2.07. The molecule has 1 saturated carbocycles. The van der Waals surface area contributed by atoms with Crippen LogP contribution in [0.15, 0.2) is 30.6 Å². The number of hydrogen-bond donors (Lipinski definition) is 1. The minimum absolute atomic E-state index is 0.170. The average molecular weight is 386 g/mol. The number of nitrogens with zero attached hydrogens (tertiary/aromatic N) is 4. The van der Waals surface area contributed by atoms with E-state index in [1.165, 1.54) is 12.8 Å². The molecule has 1 aromatic heterocycles. The van der Waals surface area contributed by atoms with E-state index in [4.69, 9.17) is 11.6 Å². The van der Waals surface area contributed by atoms with Crippen LogP contribution in [0.3, 0.4) is 0 Å². The van der Waals surface area contributed by atoms with Gasteiger partial charge in [-0.15, -0.1) is 0 Å². The van der Waals surface area contributed by atoms with E-state index in [0.29, 0.717) is 30.7 Å². The normalized spacial score (nSPS) is 17.8. The Morgan fingerprint density at radius 1 is 1.22 bits per heavy atom. The molecular weight excluding hydrogens is 362 g/mol. The quantitative estimate of drug-likeness (QED) is 0.873. The number of fused-ring (bicyclic) bond motifs is 1. The lowest BCUT2D eigenvalue weighted by Crippen LogP contribution is -2.41. The van der Waals surface area contributed by atoms with Gasteiger partial charge in [-0.25, -0.2) is 9.97 Å². The third kappa shape index (κ3) is 3.86. The van der Waals surface area contributed by atoms with E-state index in [2.05, 4.69) is 15.3 Å². The van der Waals surface area contributed by atoms with E-state index in [1.807, 2.05) is 41.1 Å². The molecule has 0 saturated heterocycles. The molecule has 2 heterocycles. The summed E-state index contributed by atoms with van der Waals surface area (Å²) >= 11 is 6.09. The smallest absolute Gasteiger partial charge is 0.242 e. The number of nitrogens with one attached hydrogen (secondary N) is 1. The second-order valence-electron chi connectivity index (χ2n) is 7.32. The minimum Gasteiger partial charge on any atom is -0.366 e. The highest BCUT2D eigenvalue weighted by molar-refractivity contribution is 6.30. The summed E-state index contributed by atoms with van der Waals surface area (Å²) in [5, 5.41) is 4.13. The number of hydrogen-bond acceptors (Lipinski definition) is 5. The van der Waals surface area contributed by atoms with Gasteiger partial charge in [0.25, 0.3) is 0 Å². The van der Waals surface area contributed by atoms with Crippen molar-refractivity contribution in [1.82, 2.24) is 14.9 Å². The number of benzene rings is 1. The van der Waals surface area contributed by atoms with Crippen LogP contribution in [0.25, 0.3) is 0 Å². The maximum Gasteiger partial charge on any atom is 0.242 e. The van der Waals surface area contributed by atoms with E-state index >= 15 is 0 Å². The number of aromatic nitrogens is 2. The zero-order valence-corrected chi connectivity index (χ0v) is 16.2. The highest BCUT2D eigenvalue weighted by atomic mass is 35.5. The van der Waals surface area contributed by atoms with Crippen molar-refractivity contribution in [3.63, 3.8) is 0 Å². The molecule has 2 aliphatic rings. The summed E-state index contributed by atoms with van der Waals surface area (Å²) in [7, 11) is 1.92. The van der Waals surface area contributed by atoms with Gasteiger partial charge in [0.15, 0.2) is 0 Å². The number of likely N-dealkylation sites (N-methyl/N-ethyl adjacent to an activating group) is 1. The summed E-state index contributed by atoms with van der Waals surface area (Å²) in [6, 6.07) is 8.10. The molecule has 1 aromatic carbocycles. The Hall–Kier alpha value is -2.34. The highest BCUT2D eigenvalue weighted by Crippen LogP contribution is 2.32. The fourth-order valence-electron chi connectivity index (χ4n) is 4.04. The predicted molar refractivity (Wildman–Crippen MR) is 107 cm³/mol. The molecular formula is C20H24ClN5O. The molecule has 1 N–H and O–H groups in total. The molecule has 142 valence electrons. The molecule has 1 fully saturated rings. The van der Waals surface area contributed by atoms with Gasteiger partial charge in [0.05, 0.1) is 18.7 Å². The Bertz CT molecular complexity index is 837. The molecule has 1 aliphatic heterocycles. The van der Waals surface area contributed by atoms with Gasteiger partial charge in [-0.1, -0.05) is 36.6 Å². The van der Waals surface area contributed by atoms with Gasteiger partial charge in [-0.2, -0.15) is 0 Å². The first-order valence-corrected chi connectivity index (χ1v) is 9.82. The van der Waals surface area contributed by atoms with Crippen LogP contribution in [0.4, 0.5) is 11.6 Å².